The summed E-state index contributed by atoms with van der Waals surface area (Å²) >= 11 is 0. The summed E-state index contributed by atoms with van der Waals surface area (Å²) in [6, 6.07) is 11.0. The molecule has 0 amide bonds. The van der Waals surface area contributed by atoms with E-state index in [1.54, 1.807) is 15.2 Å². The number of methoxy groups -OCH3 is 2. The second kappa shape index (κ2) is 10.4. The molecule has 0 radical (unpaired) electrons. The van der Waals surface area contributed by atoms with Crippen molar-refractivity contribution in [3.8, 4) is 5.75 Å². The van der Waals surface area contributed by atoms with Gasteiger partial charge in [0.15, 0.2) is 0 Å². The summed E-state index contributed by atoms with van der Waals surface area (Å²) in [4.78, 5) is 37.4. The Labute approximate surface area is 192 Å². The van der Waals surface area contributed by atoms with Crippen LogP contribution in [0.25, 0.3) is 11.0 Å². The predicted molar refractivity (Wildman–Crippen MR) is 125 cm³/mol. The lowest BCUT2D eigenvalue weighted by atomic mass is 10.0. The number of hydrogen-bond donors (Lipinski definition) is 0. The maximum Gasteiger partial charge on any atom is 0.513 e. The zero-order chi connectivity index (χ0) is 24.1. The highest BCUT2D eigenvalue weighted by Gasteiger charge is 2.23. The maximum atomic E-state index is 13.7. The zero-order valence-corrected chi connectivity index (χ0v) is 19.7. The molecule has 2 aromatic carbocycles. The molecule has 3 rings (SSSR count). The van der Waals surface area contributed by atoms with E-state index in [0.29, 0.717) is 12.2 Å². The van der Waals surface area contributed by atoms with Crippen molar-refractivity contribution in [2.45, 2.75) is 52.6 Å². The quantitative estimate of drug-likeness (QED) is 0.367. The fraction of sp³-hybridized carbons (Fsp3) is 0.400. The van der Waals surface area contributed by atoms with Crippen molar-refractivity contribution in [2.24, 2.45) is 0 Å². The number of imidazole rings is 1. The van der Waals surface area contributed by atoms with Gasteiger partial charge in [-0.1, -0.05) is 31.5 Å². The van der Waals surface area contributed by atoms with Gasteiger partial charge in [0.2, 0.25) is 0 Å². The molecule has 1 atom stereocenters. The van der Waals surface area contributed by atoms with E-state index in [9.17, 15) is 14.4 Å². The Kier molecular flexibility index (Phi) is 7.58. The molecule has 0 saturated carbocycles. The van der Waals surface area contributed by atoms with Crippen LogP contribution in [0.4, 0.5) is 4.79 Å². The van der Waals surface area contributed by atoms with E-state index < -0.39 is 6.16 Å². The molecule has 0 spiro atoms. The molecule has 1 aromatic heterocycles. The van der Waals surface area contributed by atoms with Crippen molar-refractivity contribution >= 4 is 23.2 Å². The van der Waals surface area contributed by atoms with Gasteiger partial charge < -0.3 is 14.2 Å². The van der Waals surface area contributed by atoms with Gasteiger partial charge in [-0.05, 0) is 55.2 Å². The first-order chi connectivity index (χ1) is 15.8. The van der Waals surface area contributed by atoms with Crippen LogP contribution in [-0.4, -0.2) is 35.5 Å². The fourth-order valence-electron chi connectivity index (χ4n) is 4.14. The molecule has 0 fully saturated rings. The first kappa shape index (κ1) is 24.1. The van der Waals surface area contributed by atoms with Crippen LogP contribution in [0.15, 0.2) is 41.2 Å². The van der Waals surface area contributed by atoms with E-state index in [0.717, 1.165) is 34.1 Å². The first-order valence-electron chi connectivity index (χ1n) is 10.9. The maximum absolute atomic E-state index is 13.7. The Bertz CT molecular complexity index is 1220. The molecule has 0 N–H and O–H groups in total. The fourth-order valence-corrected chi connectivity index (χ4v) is 4.14. The van der Waals surface area contributed by atoms with Crippen LogP contribution in [0.2, 0.25) is 0 Å². The standard InChI is InChI=1S/C25H30N2O6/c1-6-9-19(14-23(28)31-4)27-21-11-8-7-10-20(21)26(24(27)29)15-18-12-16(2)13-22(17(18)3)33-25(30)32-5/h7-8,10-13,19H,6,9,14-15H2,1-5H3. The molecule has 1 unspecified atom stereocenters. The normalized spacial score (nSPS) is 11.9. The van der Waals surface area contributed by atoms with E-state index in [2.05, 4.69) is 4.74 Å². The summed E-state index contributed by atoms with van der Waals surface area (Å²) in [5, 5.41) is 0. The highest BCUT2D eigenvalue weighted by molar-refractivity contribution is 5.77. The summed E-state index contributed by atoms with van der Waals surface area (Å²) in [7, 11) is 2.61. The number of benzene rings is 2. The number of hydrogen-bond acceptors (Lipinski definition) is 6. The van der Waals surface area contributed by atoms with Crippen molar-refractivity contribution < 1.29 is 23.8 Å². The topological polar surface area (TPSA) is 88.8 Å². The molecule has 0 aliphatic heterocycles. The van der Waals surface area contributed by atoms with Crippen LogP contribution in [0.5, 0.6) is 5.75 Å². The SMILES string of the molecule is CCCC(CC(=O)OC)n1c(=O)n(Cc2cc(C)cc(OC(=O)OC)c2C)c2ccccc21. The molecule has 8 heteroatoms. The van der Waals surface area contributed by atoms with Crippen LogP contribution in [0.3, 0.4) is 0 Å². The second-order valence-corrected chi connectivity index (χ2v) is 8.05. The van der Waals surface area contributed by atoms with E-state index in [1.165, 1.54) is 14.2 Å². The van der Waals surface area contributed by atoms with Gasteiger partial charge >= 0.3 is 17.8 Å². The summed E-state index contributed by atoms with van der Waals surface area (Å²) < 4.78 is 18.2. The average molecular weight is 455 g/mol. The van der Waals surface area contributed by atoms with Gasteiger partial charge in [0, 0.05) is 6.04 Å². The van der Waals surface area contributed by atoms with Gasteiger partial charge in [-0.25, -0.2) is 9.59 Å². The van der Waals surface area contributed by atoms with E-state index in [4.69, 9.17) is 9.47 Å². The Morgan fingerprint density at radius 1 is 1.03 bits per heavy atom. The van der Waals surface area contributed by atoms with Gasteiger partial charge in [-0.15, -0.1) is 0 Å². The lowest BCUT2D eigenvalue weighted by molar-refractivity contribution is -0.141. The first-order valence-corrected chi connectivity index (χ1v) is 10.9. The monoisotopic (exact) mass is 454 g/mol. The number of rotatable bonds is 8. The number of fused-ring (bicyclic) bond motifs is 1. The highest BCUT2D eigenvalue weighted by atomic mass is 16.7. The van der Waals surface area contributed by atoms with Crippen molar-refractivity contribution in [2.75, 3.05) is 14.2 Å². The third kappa shape index (κ3) is 5.10. The van der Waals surface area contributed by atoms with Gasteiger partial charge in [-0.3, -0.25) is 13.9 Å². The highest BCUT2D eigenvalue weighted by Crippen LogP contribution is 2.28. The van der Waals surface area contributed by atoms with E-state index >= 15 is 0 Å². The molecule has 0 saturated heterocycles. The Balaban J connectivity index is 2.12. The second-order valence-electron chi connectivity index (χ2n) is 8.05. The summed E-state index contributed by atoms with van der Waals surface area (Å²) in [5.74, 6) is 0.0412. The lowest BCUT2D eigenvalue weighted by Gasteiger charge is -2.17. The van der Waals surface area contributed by atoms with Crippen LogP contribution >= 0.6 is 0 Å². The number of aryl methyl sites for hydroxylation is 1. The lowest BCUT2D eigenvalue weighted by Crippen LogP contribution is -2.29. The Morgan fingerprint density at radius 3 is 2.36 bits per heavy atom. The number of aromatic nitrogens is 2. The van der Waals surface area contributed by atoms with Crippen LogP contribution < -0.4 is 10.4 Å². The molecule has 0 aliphatic carbocycles. The molecule has 1 heterocycles. The van der Waals surface area contributed by atoms with Gasteiger partial charge in [-0.2, -0.15) is 0 Å². The average Bonchev–Trinajstić information content (AvgIpc) is 3.07. The molecular weight excluding hydrogens is 424 g/mol. The van der Waals surface area contributed by atoms with Gasteiger partial charge in [0.05, 0.1) is 38.2 Å². The van der Waals surface area contributed by atoms with Crippen LogP contribution in [0, 0.1) is 13.8 Å². The zero-order valence-electron chi connectivity index (χ0n) is 19.7. The summed E-state index contributed by atoms with van der Waals surface area (Å²) in [6.45, 7) is 6.04. The molecule has 0 aliphatic rings. The molecular formula is C25H30N2O6. The number of carbonyl (C=O) groups is 2. The largest absolute Gasteiger partial charge is 0.513 e. The summed E-state index contributed by atoms with van der Waals surface area (Å²) in [5.41, 5.74) is 3.81. The Morgan fingerprint density at radius 2 is 1.73 bits per heavy atom. The minimum absolute atomic E-state index is 0.124. The third-order valence-corrected chi connectivity index (χ3v) is 5.79. The molecule has 0 bridgehead atoms. The van der Waals surface area contributed by atoms with E-state index in [1.807, 2.05) is 51.1 Å². The predicted octanol–water partition coefficient (Wildman–Crippen LogP) is 4.52. The van der Waals surface area contributed by atoms with Crippen LogP contribution in [-0.2, 0) is 20.8 Å². The van der Waals surface area contributed by atoms with Crippen molar-refractivity contribution in [3.05, 3.63) is 63.6 Å². The molecule has 8 nitrogen and oxygen atoms in total. The van der Waals surface area contributed by atoms with Crippen molar-refractivity contribution in [1.29, 1.82) is 0 Å². The van der Waals surface area contributed by atoms with Gasteiger partial charge in [0.1, 0.15) is 5.75 Å². The number of carbonyl (C=O) groups excluding carboxylic acids is 2. The van der Waals surface area contributed by atoms with E-state index in [-0.39, 0.29) is 30.7 Å². The number of esters is 1. The smallest absolute Gasteiger partial charge is 0.469 e. The molecule has 176 valence electrons. The van der Waals surface area contributed by atoms with Crippen molar-refractivity contribution in [3.63, 3.8) is 0 Å². The number of nitrogens with zero attached hydrogens (tertiary/aromatic N) is 2. The summed E-state index contributed by atoms with van der Waals surface area (Å²) in [6.07, 6.45) is 0.815. The van der Waals surface area contributed by atoms with Gasteiger partial charge in [0.25, 0.3) is 0 Å². The molecule has 33 heavy (non-hydrogen) atoms. The Hall–Kier alpha value is -3.55. The minimum Gasteiger partial charge on any atom is -0.469 e. The molecule has 3 aromatic rings. The minimum atomic E-state index is -0.798. The van der Waals surface area contributed by atoms with Crippen molar-refractivity contribution in [1.82, 2.24) is 9.13 Å². The number of para-hydroxylation sites is 2. The third-order valence-electron chi connectivity index (χ3n) is 5.79. The van der Waals surface area contributed by atoms with Crippen LogP contribution in [0.1, 0.15) is 48.9 Å². The number of ether oxygens (including phenoxy) is 3.